The van der Waals surface area contributed by atoms with Gasteiger partial charge in [0.1, 0.15) is 10.7 Å². The van der Waals surface area contributed by atoms with Crippen LogP contribution in [0.15, 0.2) is 46.3 Å². The second-order valence-corrected chi connectivity index (χ2v) is 5.52. The quantitative estimate of drug-likeness (QED) is 0.939. The first kappa shape index (κ1) is 13.8. The summed E-state index contributed by atoms with van der Waals surface area (Å²) in [4.78, 5) is 15.9. The Hall–Kier alpha value is -2.21. The van der Waals surface area contributed by atoms with Crippen LogP contribution in [0.3, 0.4) is 0 Å². The van der Waals surface area contributed by atoms with Gasteiger partial charge in [0.2, 0.25) is 0 Å². The molecule has 0 radical (unpaired) electrons. The number of ether oxygens (including phenoxy) is 2. The van der Waals surface area contributed by atoms with E-state index in [1.807, 2.05) is 18.2 Å². The van der Waals surface area contributed by atoms with Crippen LogP contribution in [0.25, 0.3) is 0 Å². The van der Waals surface area contributed by atoms with Crippen molar-refractivity contribution in [3.05, 3.63) is 42.1 Å². The molecule has 0 bridgehead atoms. The Morgan fingerprint density at radius 2 is 1.95 bits per heavy atom. The largest absolute Gasteiger partial charge is 0.490 e. The Kier molecular flexibility index (Phi) is 3.96. The predicted octanol–water partition coefficient (Wildman–Crippen LogP) is 3.09. The molecule has 108 valence electrons. The zero-order valence-electron chi connectivity index (χ0n) is 11.1. The molecule has 6 heteroatoms. The van der Waals surface area contributed by atoms with Crippen molar-refractivity contribution in [1.82, 2.24) is 4.98 Å². The fourth-order valence-corrected chi connectivity index (χ4v) is 2.75. The fourth-order valence-electron chi connectivity index (χ4n) is 1.92. The van der Waals surface area contributed by atoms with Crippen molar-refractivity contribution in [3.63, 3.8) is 0 Å². The van der Waals surface area contributed by atoms with Crippen LogP contribution in [0, 0.1) is 0 Å². The minimum absolute atomic E-state index is 0.0364. The van der Waals surface area contributed by atoms with E-state index >= 15 is 0 Å². The number of carboxylic acids is 1. The summed E-state index contributed by atoms with van der Waals surface area (Å²) in [7, 11) is 0. The third-order valence-electron chi connectivity index (χ3n) is 2.88. The molecule has 0 saturated heterocycles. The molecule has 1 aliphatic heterocycles. The summed E-state index contributed by atoms with van der Waals surface area (Å²) in [6, 6.07) is 10.6. The molecular formula is C15H13NO4S. The van der Waals surface area contributed by atoms with Crippen molar-refractivity contribution >= 4 is 17.7 Å². The highest BCUT2D eigenvalue weighted by atomic mass is 32.2. The van der Waals surface area contributed by atoms with E-state index in [0.717, 1.165) is 17.1 Å². The molecule has 0 unspecified atom stereocenters. The van der Waals surface area contributed by atoms with Crippen molar-refractivity contribution in [3.8, 4) is 11.5 Å². The molecule has 1 aliphatic rings. The molecule has 1 aromatic heterocycles. The lowest BCUT2D eigenvalue weighted by atomic mass is 10.3. The fraction of sp³-hybridized carbons (Fsp3) is 0.200. The van der Waals surface area contributed by atoms with Crippen LogP contribution in [-0.2, 0) is 0 Å². The van der Waals surface area contributed by atoms with E-state index in [9.17, 15) is 4.79 Å². The van der Waals surface area contributed by atoms with Crippen molar-refractivity contribution < 1.29 is 19.4 Å². The van der Waals surface area contributed by atoms with Gasteiger partial charge in [0.05, 0.1) is 13.2 Å². The van der Waals surface area contributed by atoms with Crippen molar-refractivity contribution in [2.45, 2.75) is 16.3 Å². The Labute approximate surface area is 125 Å². The molecule has 2 aromatic rings. The van der Waals surface area contributed by atoms with Gasteiger partial charge in [-0.05, 0) is 30.3 Å². The topological polar surface area (TPSA) is 68.7 Å². The van der Waals surface area contributed by atoms with Crippen molar-refractivity contribution in [2.24, 2.45) is 0 Å². The number of aromatic carboxylic acids is 1. The lowest BCUT2D eigenvalue weighted by Gasteiger charge is -2.09. The number of pyridine rings is 1. The summed E-state index contributed by atoms with van der Waals surface area (Å²) < 4.78 is 11.2. The molecule has 0 atom stereocenters. The molecule has 2 heterocycles. The van der Waals surface area contributed by atoms with Crippen LogP contribution in [0.5, 0.6) is 11.5 Å². The molecule has 0 amide bonds. The summed E-state index contributed by atoms with van der Waals surface area (Å²) in [6.45, 7) is 1.29. The first-order valence-corrected chi connectivity index (χ1v) is 7.32. The molecule has 1 aromatic carbocycles. The summed E-state index contributed by atoms with van der Waals surface area (Å²) in [6.07, 6.45) is 0.860. The molecule has 5 nitrogen and oxygen atoms in total. The number of benzene rings is 1. The summed E-state index contributed by atoms with van der Waals surface area (Å²) >= 11 is 1.39. The first-order valence-electron chi connectivity index (χ1n) is 6.50. The van der Waals surface area contributed by atoms with Crippen LogP contribution < -0.4 is 9.47 Å². The van der Waals surface area contributed by atoms with E-state index in [1.54, 1.807) is 12.1 Å². The smallest absolute Gasteiger partial charge is 0.354 e. The molecular weight excluding hydrogens is 290 g/mol. The maximum Gasteiger partial charge on any atom is 0.354 e. The molecule has 0 fully saturated rings. The normalized spacial score (nSPS) is 13.5. The van der Waals surface area contributed by atoms with Crippen molar-refractivity contribution in [1.29, 1.82) is 0 Å². The number of fused-ring (bicyclic) bond motifs is 1. The standard InChI is InChI=1S/C15H13NO4S/c17-15(18)11-3-1-4-14(16-11)21-10-5-6-12-13(9-10)20-8-2-7-19-12/h1,3-6,9H,2,7-8H2,(H,17,18). The maximum atomic E-state index is 10.9. The third kappa shape index (κ3) is 3.28. The molecule has 1 N–H and O–H groups in total. The van der Waals surface area contributed by atoms with Gasteiger partial charge in [-0.1, -0.05) is 17.8 Å². The van der Waals surface area contributed by atoms with Crippen LogP contribution in [0.2, 0.25) is 0 Å². The second-order valence-electron chi connectivity index (χ2n) is 4.43. The summed E-state index contributed by atoms with van der Waals surface area (Å²) in [5.74, 6) is 0.423. The SMILES string of the molecule is O=C(O)c1cccc(Sc2ccc3c(c2)OCCCO3)n1. The predicted molar refractivity (Wildman–Crippen MR) is 77.4 cm³/mol. The van der Waals surface area contributed by atoms with Crippen LogP contribution >= 0.6 is 11.8 Å². The molecule has 21 heavy (non-hydrogen) atoms. The van der Waals surface area contributed by atoms with E-state index in [2.05, 4.69) is 4.98 Å². The highest BCUT2D eigenvalue weighted by Gasteiger charge is 2.12. The maximum absolute atomic E-state index is 10.9. The zero-order valence-corrected chi connectivity index (χ0v) is 11.9. The number of nitrogens with zero attached hydrogens (tertiary/aromatic N) is 1. The second kappa shape index (κ2) is 6.05. The summed E-state index contributed by atoms with van der Waals surface area (Å²) in [5.41, 5.74) is 0.0364. The van der Waals surface area contributed by atoms with Gasteiger partial charge < -0.3 is 14.6 Å². The average molecular weight is 303 g/mol. The Morgan fingerprint density at radius 1 is 1.14 bits per heavy atom. The van der Waals surface area contributed by atoms with Crippen LogP contribution in [0.1, 0.15) is 16.9 Å². The van der Waals surface area contributed by atoms with Gasteiger partial charge in [0.15, 0.2) is 11.5 Å². The van der Waals surface area contributed by atoms with E-state index in [4.69, 9.17) is 14.6 Å². The number of carboxylic acid groups (broad SMARTS) is 1. The van der Waals surface area contributed by atoms with Gasteiger partial charge in [-0.25, -0.2) is 9.78 Å². The minimum atomic E-state index is -1.03. The Balaban J connectivity index is 1.83. The van der Waals surface area contributed by atoms with Gasteiger partial charge in [-0.15, -0.1) is 0 Å². The lowest BCUT2D eigenvalue weighted by molar-refractivity contribution is 0.0689. The van der Waals surface area contributed by atoms with Gasteiger partial charge in [0, 0.05) is 11.3 Å². The Morgan fingerprint density at radius 3 is 2.76 bits per heavy atom. The van der Waals surface area contributed by atoms with Crippen LogP contribution in [0.4, 0.5) is 0 Å². The van der Waals surface area contributed by atoms with Gasteiger partial charge in [0.25, 0.3) is 0 Å². The molecule has 0 saturated carbocycles. The van der Waals surface area contributed by atoms with Crippen molar-refractivity contribution in [2.75, 3.05) is 13.2 Å². The van der Waals surface area contributed by atoms with E-state index < -0.39 is 5.97 Å². The third-order valence-corrected chi connectivity index (χ3v) is 3.81. The van der Waals surface area contributed by atoms with E-state index in [0.29, 0.717) is 24.0 Å². The van der Waals surface area contributed by atoms with Gasteiger partial charge in [-0.2, -0.15) is 0 Å². The average Bonchev–Trinajstić information content (AvgIpc) is 2.72. The minimum Gasteiger partial charge on any atom is -0.490 e. The highest BCUT2D eigenvalue weighted by molar-refractivity contribution is 7.99. The van der Waals surface area contributed by atoms with Gasteiger partial charge in [-0.3, -0.25) is 0 Å². The lowest BCUT2D eigenvalue weighted by Crippen LogP contribution is -1.99. The van der Waals surface area contributed by atoms with E-state index in [-0.39, 0.29) is 5.69 Å². The zero-order chi connectivity index (χ0) is 14.7. The van der Waals surface area contributed by atoms with Gasteiger partial charge >= 0.3 is 5.97 Å². The number of aromatic nitrogens is 1. The highest BCUT2D eigenvalue weighted by Crippen LogP contribution is 2.36. The number of carbonyl (C=O) groups is 1. The number of rotatable bonds is 3. The van der Waals surface area contributed by atoms with E-state index in [1.165, 1.54) is 17.8 Å². The number of hydrogen-bond acceptors (Lipinski definition) is 5. The Bertz CT molecular complexity index is 674. The summed E-state index contributed by atoms with van der Waals surface area (Å²) in [5, 5.41) is 9.59. The van der Waals surface area contributed by atoms with Crippen LogP contribution in [-0.4, -0.2) is 29.3 Å². The molecule has 0 aliphatic carbocycles. The molecule has 0 spiro atoms. The monoisotopic (exact) mass is 303 g/mol. The molecule has 3 rings (SSSR count). The first-order chi connectivity index (χ1) is 10.2. The number of hydrogen-bond donors (Lipinski definition) is 1.